The van der Waals surface area contributed by atoms with Gasteiger partial charge in [-0.15, -0.1) is 0 Å². The quantitative estimate of drug-likeness (QED) is 0.860. The molecule has 0 unspecified atom stereocenters. The van der Waals surface area contributed by atoms with Gasteiger partial charge >= 0.3 is 0 Å². The molecule has 17 heavy (non-hydrogen) atoms. The van der Waals surface area contributed by atoms with Crippen LogP contribution in [0.3, 0.4) is 0 Å². The normalized spacial score (nSPS) is 24.8. The van der Waals surface area contributed by atoms with Crippen LogP contribution in [0.4, 0.5) is 0 Å². The molecule has 1 aromatic heterocycles. The number of nitrogens with one attached hydrogen (secondary N) is 1. The summed E-state index contributed by atoms with van der Waals surface area (Å²) in [4.78, 5) is 4.43. The highest BCUT2D eigenvalue weighted by Gasteiger charge is 2.19. The molecule has 1 aliphatic carbocycles. The van der Waals surface area contributed by atoms with E-state index in [9.17, 15) is 0 Å². The third kappa shape index (κ3) is 3.81. The van der Waals surface area contributed by atoms with Crippen molar-refractivity contribution in [3.63, 3.8) is 0 Å². The molecular weight excluding hydrogens is 208 g/mol. The zero-order valence-corrected chi connectivity index (χ0v) is 11.1. The van der Waals surface area contributed by atoms with Gasteiger partial charge in [-0.3, -0.25) is 4.98 Å². The first-order chi connectivity index (χ1) is 8.28. The van der Waals surface area contributed by atoms with Crippen molar-refractivity contribution in [1.29, 1.82) is 0 Å². The van der Waals surface area contributed by atoms with Crippen molar-refractivity contribution in [2.75, 3.05) is 0 Å². The van der Waals surface area contributed by atoms with Gasteiger partial charge in [0.05, 0.1) is 5.69 Å². The molecular formula is C15H24N2. The Kier molecular flexibility index (Phi) is 4.55. The van der Waals surface area contributed by atoms with Gasteiger partial charge < -0.3 is 5.32 Å². The Balaban J connectivity index is 1.74. The molecule has 0 aliphatic heterocycles. The largest absolute Gasteiger partial charge is 0.308 e. The topological polar surface area (TPSA) is 24.9 Å². The fourth-order valence-electron chi connectivity index (χ4n) is 2.63. The predicted molar refractivity (Wildman–Crippen MR) is 71.9 cm³/mol. The lowest BCUT2D eigenvalue weighted by atomic mass is 9.84. The lowest BCUT2D eigenvalue weighted by Gasteiger charge is -2.28. The standard InChI is InChI=1S/C15H24N2/c1-3-13-5-8-14(9-6-13)17-11-15-7-4-12(2)10-16-15/h4,7,10,13-14,17H,3,5-6,8-9,11H2,1-2H3. The van der Waals surface area contributed by atoms with Crippen molar-refractivity contribution >= 4 is 0 Å². The van der Waals surface area contributed by atoms with E-state index in [2.05, 4.69) is 36.3 Å². The highest BCUT2D eigenvalue weighted by Crippen LogP contribution is 2.26. The summed E-state index contributed by atoms with van der Waals surface area (Å²) < 4.78 is 0. The molecule has 0 radical (unpaired) electrons. The zero-order valence-electron chi connectivity index (χ0n) is 11.1. The summed E-state index contributed by atoms with van der Waals surface area (Å²) in [6, 6.07) is 4.97. The number of rotatable bonds is 4. The molecule has 1 aromatic rings. The molecule has 0 bridgehead atoms. The van der Waals surface area contributed by atoms with Gasteiger partial charge in [-0.25, -0.2) is 0 Å². The number of aromatic nitrogens is 1. The Morgan fingerprint density at radius 1 is 1.24 bits per heavy atom. The van der Waals surface area contributed by atoms with Gasteiger partial charge in [0.15, 0.2) is 0 Å². The second-order valence-corrected chi connectivity index (χ2v) is 5.33. The molecule has 2 heteroatoms. The van der Waals surface area contributed by atoms with Gasteiger partial charge in [0.1, 0.15) is 0 Å². The maximum atomic E-state index is 4.43. The first-order valence-corrected chi connectivity index (χ1v) is 6.93. The number of pyridine rings is 1. The van der Waals surface area contributed by atoms with Crippen molar-refractivity contribution in [2.24, 2.45) is 5.92 Å². The number of hydrogen-bond acceptors (Lipinski definition) is 2. The summed E-state index contributed by atoms with van der Waals surface area (Å²) in [5, 5.41) is 3.64. The van der Waals surface area contributed by atoms with Gasteiger partial charge in [0, 0.05) is 18.8 Å². The maximum absolute atomic E-state index is 4.43. The Hall–Kier alpha value is -0.890. The summed E-state index contributed by atoms with van der Waals surface area (Å²) in [5.41, 5.74) is 2.39. The van der Waals surface area contributed by atoms with E-state index >= 15 is 0 Å². The van der Waals surface area contributed by atoms with Gasteiger partial charge in [-0.1, -0.05) is 19.4 Å². The van der Waals surface area contributed by atoms with E-state index < -0.39 is 0 Å². The summed E-state index contributed by atoms with van der Waals surface area (Å²) in [5.74, 6) is 0.977. The smallest absolute Gasteiger partial charge is 0.0541 e. The molecule has 2 rings (SSSR count). The summed E-state index contributed by atoms with van der Waals surface area (Å²) in [6.07, 6.45) is 8.77. The molecule has 1 N–H and O–H groups in total. The fraction of sp³-hybridized carbons (Fsp3) is 0.667. The highest BCUT2D eigenvalue weighted by molar-refractivity contribution is 5.12. The van der Waals surface area contributed by atoms with E-state index in [1.807, 2.05) is 6.20 Å². The van der Waals surface area contributed by atoms with Crippen LogP contribution in [0.1, 0.15) is 50.3 Å². The van der Waals surface area contributed by atoms with Crippen LogP contribution in [0, 0.1) is 12.8 Å². The average Bonchev–Trinajstić information content (AvgIpc) is 2.39. The van der Waals surface area contributed by atoms with Crippen LogP contribution >= 0.6 is 0 Å². The third-order valence-corrected chi connectivity index (χ3v) is 3.97. The Morgan fingerprint density at radius 3 is 2.59 bits per heavy atom. The SMILES string of the molecule is CCC1CCC(NCc2ccc(C)cn2)CC1. The number of hydrogen-bond donors (Lipinski definition) is 1. The minimum Gasteiger partial charge on any atom is -0.308 e. The fourth-order valence-corrected chi connectivity index (χ4v) is 2.63. The van der Waals surface area contributed by atoms with Crippen molar-refractivity contribution in [2.45, 2.75) is 58.5 Å². The van der Waals surface area contributed by atoms with Gasteiger partial charge in [-0.2, -0.15) is 0 Å². The molecule has 1 heterocycles. The molecule has 0 amide bonds. The second kappa shape index (κ2) is 6.15. The number of aryl methyl sites for hydroxylation is 1. The minimum atomic E-state index is 0.709. The summed E-state index contributed by atoms with van der Waals surface area (Å²) >= 11 is 0. The monoisotopic (exact) mass is 232 g/mol. The van der Waals surface area contributed by atoms with Crippen LogP contribution in [0.2, 0.25) is 0 Å². The molecule has 0 spiro atoms. The lowest BCUT2D eigenvalue weighted by molar-refractivity contribution is 0.284. The highest BCUT2D eigenvalue weighted by atomic mass is 14.9. The lowest BCUT2D eigenvalue weighted by Crippen LogP contribution is -2.32. The van der Waals surface area contributed by atoms with E-state index in [1.165, 1.54) is 37.7 Å². The van der Waals surface area contributed by atoms with Crippen LogP contribution in [0.25, 0.3) is 0 Å². The predicted octanol–water partition coefficient (Wildman–Crippen LogP) is 3.45. The molecule has 0 aromatic carbocycles. The molecule has 1 aliphatic rings. The van der Waals surface area contributed by atoms with Crippen LogP contribution < -0.4 is 5.32 Å². The maximum Gasteiger partial charge on any atom is 0.0541 e. The Labute approximate surface area is 105 Å². The summed E-state index contributed by atoms with van der Waals surface area (Å²) in [7, 11) is 0. The van der Waals surface area contributed by atoms with Crippen molar-refractivity contribution < 1.29 is 0 Å². The molecule has 2 nitrogen and oxygen atoms in total. The van der Waals surface area contributed by atoms with E-state index in [-0.39, 0.29) is 0 Å². The van der Waals surface area contributed by atoms with E-state index in [4.69, 9.17) is 0 Å². The van der Waals surface area contributed by atoms with Crippen molar-refractivity contribution in [3.05, 3.63) is 29.6 Å². The van der Waals surface area contributed by atoms with Crippen molar-refractivity contribution in [1.82, 2.24) is 10.3 Å². The van der Waals surface area contributed by atoms with Crippen LogP contribution in [0.15, 0.2) is 18.3 Å². The third-order valence-electron chi connectivity index (χ3n) is 3.97. The van der Waals surface area contributed by atoms with E-state index in [0.29, 0.717) is 6.04 Å². The summed E-state index contributed by atoms with van der Waals surface area (Å²) in [6.45, 7) is 5.31. The number of nitrogens with zero attached hydrogens (tertiary/aromatic N) is 1. The van der Waals surface area contributed by atoms with Crippen LogP contribution in [-0.4, -0.2) is 11.0 Å². The van der Waals surface area contributed by atoms with Gasteiger partial charge in [-0.05, 0) is 50.2 Å². The molecule has 0 saturated heterocycles. The van der Waals surface area contributed by atoms with E-state index in [1.54, 1.807) is 0 Å². The first-order valence-electron chi connectivity index (χ1n) is 6.93. The van der Waals surface area contributed by atoms with Gasteiger partial charge in [0.2, 0.25) is 0 Å². The Morgan fingerprint density at radius 2 is 2.00 bits per heavy atom. The molecule has 94 valence electrons. The Bertz CT molecular complexity index is 323. The van der Waals surface area contributed by atoms with Gasteiger partial charge in [0.25, 0.3) is 0 Å². The van der Waals surface area contributed by atoms with Crippen molar-refractivity contribution in [3.8, 4) is 0 Å². The zero-order chi connectivity index (χ0) is 12.1. The van der Waals surface area contributed by atoms with Crippen LogP contribution in [0.5, 0.6) is 0 Å². The second-order valence-electron chi connectivity index (χ2n) is 5.33. The molecule has 1 saturated carbocycles. The molecule has 0 atom stereocenters. The first kappa shape index (κ1) is 12.6. The van der Waals surface area contributed by atoms with E-state index in [0.717, 1.165) is 18.2 Å². The van der Waals surface area contributed by atoms with Crippen LogP contribution in [-0.2, 0) is 6.54 Å². The average molecular weight is 232 g/mol. The minimum absolute atomic E-state index is 0.709. The molecule has 1 fully saturated rings.